The predicted molar refractivity (Wildman–Crippen MR) is 326 cm³/mol. The van der Waals surface area contributed by atoms with E-state index in [2.05, 4.69) is 75.9 Å². The van der Waals surface area contributed by atoms with Crippen molar-refractivity contribution in [1.29, 1.82) is 0 Å². The van der Waals surface area contributed by atoms with Crippen LogP contribution >= 0.6 is 19.9 Å². The van der Waals surface area contributed by atoms with E-state index in [4.69, 9.17) is 40.4 Å². The first-order chi connectivity index (χ1) is 37.4. The zero-order chi connectivity index (χ0) is 62.9. The maximum atomic E-state index is 14.5. The Bertz CT molecular complexity index is 3310. The Morgan fingerprint density at radius 3 is 1.27 bits per heavy atom. The molecule has 4 aromatic carbocycles. The summed E-state index contributed by atoms with van der Waals surface area (Å²) in [5, 5.41) is 0.453. The maximum absolute atomic E-state index is 14.5. The predicted octanol–water partition coefficient (Wildman–Crippen LogP) is 19.6. The summed E-state index contributed by atoms with van der Waals surface area (Å²) in [5.41, 5.74) is -8.60. The van der Waals surface area contributed by atoms with Gasteiger partial charge in [-0.2, -0.15) is 26.3 Å². The summed E-state index contributed by atoms with van der Waals surface area (Å²) in [6.07, 6.45) is -8.49. The molecule has 9 nitrogen and oxygen atoms in total. The SMILES string of the molecule is Cc1ccc(-c2cc3ccc(OC(C)(C)CC(C)(C)C(OC(C)(S)CC(C)(C)OC(=O)[P+](C)(CC(C)(C)C)C(C)(C)C)C(C)(C)CC(C)(C)Oc4ccc5cc(-c6ccc(C)cc6C(F)(F)F)c(=O)oc5c4)cc3oc2=O)c(C(F)(F)F)c1. The molecule has 2 unspecified atom stereocenters. The second-order valence-electron chi connectivity index (χ2n) is 28.5. The first-order valence-corrected chi connectivity index (χ1v) is 30.7. The monoisotopic (exact) mass is 1200 g/mol. The molecular formula is C66H84F6O9PS+. The van der Waals surface area contributed by atoms with Gasteiger partial charge in [0, 0.05) is 40.5 Å². The average Bonchev–Trinajstić information content (AvgIpc) is 3.38. The van der Waals surface area contributed by atoms with Gasteiger partial charge in [-0.1, -0.05) is 83.9 Å². The van der Waals surface area contributed by atoms with Gasteiger partial charge in [0.25, 0.3) is 0 Å². The Balaban J connectivity index is 1.33. The van der Waals surface area contributed by atoms with Gasteiger partial charge in [0.2, 0.25) is 0 Å². The lowest BCUT2D eigenvalue weighted by molar-refractivity contribution is -0.172. The molecule has 0 bridgehead atoms. The molecule has 0 saturated heterocycles. The van der Waals surface area contributed by atoms with Gasteiger partial charge < -0.3 is 27.8 Å². The molecule has 0 amide bonds. The van der Waals surface area contributed by atoms with Crippen LogP contribution in [0, 0.1) is 30.1 Å². The summed E-state index contributed by atoms with van der Waals surface area (Å²) < 4.78 is 124. The highest BCUT2D eigenvalue weighted by molar-refractivity contribution is 7.91. The largest absolute Gasteiger partial charge is 0.488 e. The number of carbonyl (C=O) groups is 1. The van der Waals surface area contributed by atoms with E-state index in [1.165, 1.54) is 36.4 Å². The molecule has 0 aliphatic heterocycles. The van der Waals surface area contributed by atoms with Crippen LogP contribution in [0.15, 0.2) is 103 Å². The quantitative estimate of drug-likeness (QED) is 0.0278. The normalized spacial score (nSPS) is 15.1. The molecule has 0 aliphatic carbocycles. The van der Waals surface area contributed by atoms with Crippen LogP contribution in [-0.4, -0.2) is 51.5 Å². The number of carbonyl (C=O) groups excluding carboxylic acids is 1. The van der Waals surface area contributed by atoms with Gasteiger partial charge in [-0.25, -0.2) is 14.4 Å². The lowest BCUT2D eigenvalue weighted by Gasteiger charge is -2.51. The van der Waals surface area contributed by atoms with E-state index in [0.29, 0.717) is 52.4 Å². The van der Waals surface area contributed by atoms with Crippen molar-refractivity contribution in [2.75, 3.05) is 12.8 Å². The second-order valence-corrected chi connectivity index (χ2v) is 33.9. The number of aryl methyl sites for hydroxylation is 2. The minimum Gasteiger partial charge on any atom is -0.488 e. The Labute approximate surface area is 491 Å². The van der Waals surface area contributed by atoms with E-state index >= 15 is 0 Å². The van der Waals surface area contributed by atoms with Crippen LogP contribution in [0.4, 0.5) is 31.1 Å². The molecule has 2 heterocycles. The minimum atomic E-state index is -4.71. The van der Waals surface area contributed by atoms with E-state index in [1.54, 1.807) is 50.2 Å². The molecular weight excluding hydrogens is 1110 g/mol. The Morgan fingerprint density at radius 2 is 0.916 bits per heavy atom. The number of alkyl halides is 6. The molecule has 6 rings (SSSR count). The van der Waals surface area contributed by atoms with Gasteiger partial charge in [0.05, 0.1) is 46.3 Å². The van der Waals surface area contributed by atoms with Gasteiger partial charge in [-0.15, -0.1) is 12.6 Å². The highest BCUT2D eigenvalue weighted by Crippen LogP contribution is 2.70. The lowest BCUT2D eigenvalue weighted by Crippen LogP contribution is -2.53. The number of hydrogen-bond donors (Lipinski definition) is 1. The number of halogens is 6. The first kappa shape index (κ1) is 66.8. The summed E-state index contributed by atoms with van der Waals surface area (Å²) >= 11 is 5.23. The number of rotatable bonds is 19. The van der Waals surface area contributed by atoms with Crippen LogP contribution in [0.3, 0.4) is 0 Å². The van der Waals surface area contributed by atoms with Crippen molar-refractivity contribution >= 4 is 47.5 Å². The fraction of sp³-hybridized carbons (Fsp3) is 0.530. The van der Waals surface area contributed by atoms with E-state index in [0.717, 1.165) is 12.1 Å². The fourth-order valence-corrected chi connectivity index (χ4v) is 16.4. The zero-order valence-electron chi connectivity index (χ0n) is 51.8. The van der Waals surface area contributed by atoms with E-state index in [-0.39, 0.29) is 56.1 Å². The summed E-state index contributed by atoms with van der Waals surface area (Å²) in [6.45, 7) is 39.3. The summed E-state index contributed by atoms with van der Waals surface area (Å²) in [7, 11) is -2.37. The third-order valence-electron chi connectivity index (χ3n) is 15.1. The van der Waals surface area contributed by atoms with Crippen molar-refractivity contribution in [2.24, 2.45) is 16.2 Å². The number of fused-ring (bicyclic) bond motifs is 2. The van der Waals surface area contributed by atoms with Crippen LogP contribution in [0.2, 0.25) is 0 Å². The van der Waals surface area contributed by atoms with Gasteiger partial charge in [0.1, 0.15) is 51.7 Å². The molecule has 17 heteroatoms. The third kappa shape index (κ3) is 16.4. The fourth-order valence-electron chi connectivity index (χ4n) is 12.4. The third-order valence-corrected chi connectivity index (χ3v) is 20.8. The number of ether oxygens (including phenoxy) is 4. The Kier molecular flexibility index (Phi) is 18.4. The molecule has 2 atom stereocenters. The molecule has 0 saturated carbocycles. The molecule has 6 aromatic rings. The van der Waals surface area contributed by atoms with E-state index < -0.39 is 80.7 Å². The van der Waals surface area contributed by atoms with Crippen molar-refractivity contribution in [1.82, 2.24) is 0 Å². The van der Waals surface area contributed by atoms with Gasteiger partial charge in [-0.3, -0.25) is 0 Å². The molecule has 0 aliphatic rings. The van der Waals surface area contributed by atoms with Gasteiger partial charge >= 0.3 is 29.3 Å². The van der Waals surface area contributed by atoms with Crippen LogP contribution in [0.5, 0.6) is 11.5 Å². The highest BCUT2D eigenvalue weighted by Gasteiger charge is 2.58. The molecule has 83 heavy (non-hydrogen) atoms. The van der Waals surface area contributed by atoms with Crippen LogP contribution in [0.25, 0.3) is 44.2 Å². The van der Waals surface area contributed by atoms with Crippen molar-refractivity contribution in [2.45, 2.75) is 196 Å². The van der Waals surface area contributed by atoms with Crippen LogP contribution in [-0.2, 0) is 21.8 Å². The Morgan fingerprint density at radius 1 is 0.530 bits per heavy atom. The minimum absolute atomic E-state index is 0.120. The van der Waals surface area contributed by atoms with Crippen LogP contribution < -0.4 is 20.7 Å². The summed E-state index contributed by atoms with van der Waals surface area (Å²) in [4.78, 5) is 40.1. The number of benzene rings is 4. The maximum Gasteiger partial charge on any atom is 0.451 e. The molecule has 454 valence electrons. The second kappa shape index (κ2) is 22.8. The number of hydrogen-bond acceptors (Lipinski definition) is 10. The van der Waals surface area contributed by atoms with Gasteiger partial charge in [0.15, 0.2) is 0 Å². The van der Waals surface area contributed by atoms with Crippen molar-refractivity contribution < 1.29 is 58.9 Å². The number of thiol groups is 1. The standard InChI is InChI=1S/C66H83F6O9PS/c1-39-21-27-45(49(29-39)65(67,68)69)47-31-41-23-25-43(33-51(41)76-53(47)73)78-61(13,14)35-59(9,10)55(80-64(19,83)37-63(17,18)81-56(75)82(20,58(6,7)8)38-57(3,4)5)60(11,12)36-62(15,16)79-44-26-24-42-32-48(54(74)77-52(42)34-44)46-28-22-40(2)30-50(46)66(70,71)72/h21-34,55H,35-38H2,1-20H3/p+1. The van der Waals surface area contributed by atoms with Crippen molar-refractivity contribution in [3.8, 4) is 33.8 Å². The van der Waals surface area contributed by atoms with E-state index in [1.807, 2.05) is 48.5 Å². The van der Waals surface area contributed by atoms with Crippen LogP contribution in [0.1, 0.15) is 159 Å². The van der Waals surface area contributed by atoms with Crippen molar-refractivity contribution in [3.05, 3.63) is 128 Å². The smallest absolute Gasteiger partial charge is 0.451 e. The average molecular weight is 1200 g/mol. The lowest BCUT2D eigenvalue weighted by atomic mass is 9.64. The molecule has 2 aromatic heterocycles. The molecule has 0 N–H and O–H groups in total. The topological polar surface area (TPSA) is 114 Å². The summed E-state index contributed by atoms with van der Waals surface area (Å²) in [5.74, 6) is 0.684. The highest BCUT2D eigenvalue weighted by atomic mass is 32.1. The first-order valence-electron chi connectivity index (χ1n) is 27.8. The zero-order valence-corrected chi connectivity index (χ0v) is 53.6. The van der Waals surface area contributed by atoms with Gasteiger partial charge in [-0.05, 0) is 161 Å². The molecule has 0 spiro atoms. The Hall–Kier alpha value is -5.31. The van der Waals surface area contributed by atoms with Crippen molar-refractivity contribution in [3.63, 3.8) is 0 Å². The summed E-state index contributed by atoms with van der Waals surface area (Å²) in [6, 6.07) is 20.0. The molecule has 0 fully saturated rings. The van der Waals surface area contributed by atoms with E-state index in [9.17, 15) is 40.7 Å². The molecule has 0 radical (unpaired) electrons.